The number of imidazole rings is 1. The number of furan rings is 1. The van der Waals surface area contributed by atoms with Crippen molar-refractivity contribution in [2.75, 3.05) is 11.4 Å². The van der Waals surface area contributed by atoms with Crippen molar-refractivity contribution in [3.8, 4) is 0 Å². The minimum Gasteiger partial charge on any atom is -0.467 e. The highest BCUT2D eigenvalue weighted by Crippen LogP contribution is 2.24. The van der Waals surface area contributed by atoms with E-state index in [9.17, 15) is 9.59 Å². The van der Waals surface area contributed by atoms with Crippen molar-refractivity contribution in [2.45, 2.75) is 39.3 Å². The Labute approximate surface area is 169 Å². The Hall–Kier alpha value is -3.35. The van der Waals surface area contributed by atoms with E-state index in [0.29, 0.717) is 30.4 Å². The maximum atomic E-state index is 13.3. The molecule has 0 atom stereocenters. The first-order valence-corrected chi connectivity index (χ1v) is 9.96. The van der Waals surface area contributed by atoms with Gasteiger partial charge in [0.05, 0.1) is 18.5 Å². The summed E-state index contributed by atoms with van der Waals surface area (Å²) in [6.45, 7) is 3.43. The molecule has 7 nitrogen and oxygen atoms in total. The molecule has 0 fully saturated rings. The molecular weight excluding hydrogens is 368 g/mol. The van der Waals surface area contributed by atoms with Crippen LogP contribution in [0, 0.1) is 0 Å². The lowest BCUT2D eigenvalue weighted by atomic mass is 10.1. The summed E-state index contributed by atoms with van der Waals surface area (Å²) in [6.07, 6.45) is 4.25. The zero-order valence-corrected chi connectivity index (χ0v) is 16.4. The number of anilines is 1. The lowest BCUT2D eigenvalue weighted by Crippen LogP contribution is -2.33. The van der Waals surface area contributed by atoms with Gasteiger partial charge in [0.1, 0.15) is 11.5 Å². The lowest BCUT2D eigenvalue weighted by molar-refractivity contribution is 0.0942. The van der Waals surface area contributed by atoms with Gasteiger partial charge in [-0.15, -0.1) is 0 Å². The Morgan fingerprint density at radius 1 is 1.17 bits per heavy atom. The molecule has 3 aromatic rings. The zero-order valence-electron chi connectivity index (χ0n) is 16.4. The first-order chi connectivity index (χ1) is 14.2. The van der Waals surface area contributed by atoms with Gasteiger partial charge in [0.2, 0.25) is 5.82 Å². The molecule has 0 spiro atoms. The van der Waals surface area contributed by atoms with Crippen molar-refractivity contribution >= 4 is 17.5 Å². The van der Waals surface area contributed by atoms with E-state index in [1.807, 2.05) is 41.8 Å². The number of hydrogen-bond donors (Lipinski definition) is 1. The standard InChI is InChI=1S/C22H24N4O3/c1-2-25(16-9-4-3-5-10-16)22(28)20-24-19(18-12-6-7-13-26(18)20)21(27)23-15-17-11-8-14-29-17/h3-5,8-11,14H,2,6-7,12-13,15H2,1H3,(H,23,27). The number of benzene rings is 1. The van der Waals surface area contributed by atoms with Crippen molar-refractivity contribution in [3.05, 3.63) is 71.7 Å². The van der Waals surface area contributed by atoms with Gasteiger partial charge in [-0.3, -0.25) is 9.59 Å². The molecule has 1 aliphatic rings. The molecule has 1 N–H and O–H groups in total. The van der Waals surface area contributed by atoms with Gasteiger partial charge in [0.15, 0.2) is 0 Å². The van der Waals surface area contributed by atoms with E-state index in [0.717, 1.165) is 30.6 Å². The number of nitrogens with one attached hydrogen (secondary N) is 1. The molecular formula is C22H24N4O3. The second kappa shape index (κ2) is 8.34. The number of amides is 2. The highest BCUT2D eigenvalue weighted by atomic mass is 16.3. The monoisotopic (exact) mass is 392 g/mol. The minimum absolute atomic E-state index is 0.188. The van der Waals surface area contributed by atoms with E-state index in [1.165, 1.54) is 0 Å². The Morgan fingerprint density at radius 2 is 2.00 bits per heavy atom. The van der Waals surface area contributed by atoms with E-state index < -0.39 is 0 Å². The van der Waals surface area contributed by atoms with Crippen molar-refractivity contribution in [1.82, 2.24) is 14.9 Å². The van der Waals surface area contributed by atoms with E-state index >= 15 is 0 Å². The Balaban J connectivity index is 1.63. The molecule has 0 saturated carbocycles. The summed E-state index contributed by atoms with van der Waals surface area (Å²) in [5, 5.41) is 2.85. The van der Waals surface area contributed by atoms with Crippen molar-refractivity contribution in [3.63, 3.8) is 0 Å². The second-order valence-corrected chi connectivity index (χ2v) is 6.99. The van der Waals surface area contributed by atoms with Crippen molar-refractivity contribution in [1.29, 1.82) is 0 Å². The van der Waals surface area contributed by atoms with Gasteiger partial charge in [0.25, 0.3) is 11.8 Å². The molecule has 0 saturated heterocycles. The zero-order chi connectivity index (χ0) is 20.2. The van der Waals surface area contributed by atoms with E-state index in [4.69, 9.17) is 4.42 Å². The maximum absolute atomic E-state index is 13.3. The summed E-state index contributed by atoms with van der Waals surface area (Å²) >= 11 is 0. The third-order valence-corrected chi connectivity index (χ3v) is 5.16. The average Bonchev–Trinajstić information content (AvgIpc) is 3.41. The summed E-state index contributed by atoms with van der Waals surface area (Å²) in [5.41, 5.74) is 1.99. The molecule has 29 heavy (non-hydrogen) atoms. The lowest BCUT2D eigenvalue weighted by Gasteiger charge is -2.22. The van der Waals surface area contributed by atoms with Crippen molar-refractivity contribution in [2.24, 2.45) is 0 Å². The normalized spacial score (nSPS) is 13.0. The van der Waals surface area contributed by atoms with Crippen LogP contribution >= 0.6 is 0 Å². The molecule has 7 heteroatoms. The van der Waals surface area contributed by atoms with Gasteiger partial charge in [0, 0.05) is 18.8 Å². The van der Waals surface area contributed by atoms with Crippen molar-refractivity contribution < 1.29 is 14.0 Å². The van der Waals surface area contributed by atoms with Gasteiger partial charge < -0.3 is 19.2 Å². The summed E-state index contributed by atoms with van der Waals surface area (Å²) in [7, 11) is 0. The fourth-order valence-electron chi connectivity index (χ4n) is 3.72. The molecule has 0 bridgehead atoms. The van der Waals surface area contributed by atoms with E-state index in [-0.39, 0.29) is 18.4 Å². The highest BCUT2D eigenvalue weighted by Gasteiger charge is 2.30. The van der Waals surface area contributed by atoms with Crippen LogP contribution < -0.4 is 10.2 Å². The molecule has 2 aromatic heterocycles. The third kappa shape index (κ3) is 3.81. The van der Waals surface area contributed by atoms with Gasteiger partial charge >= 0.3 is 0 Å². The quantitative estimate of drug-likeness (QED) is 0.697. The predicted molar refractivity (Wildman–Crippen MR) is 109 cm³/mol. The van der Waals surface area contributed by atoms with Gasteiger partial charge in [-0.25, -0.2) is 4.98 Å². The molecule has 0 aliphatic carbocycles. The first-order valence-electron chi connectivity index (χ1n) is 9.96. The number of para-hydroxylation sites is 1. The number of rotatable bonds is 6. The van der Waals surface area contributed by atoms with Gasteiger partial charge in [-0.05, 0) is 50.5 Å². The number of fused-ring (bicyclic) bond motifs is 1. The average molecular weight is 392 g/mol. The van der Waals surface area contributed by atoms with Gasteiger partial charge in [-0.2, -0.15) is 0 Å². The number of carbonyl (C=O) groups excluding carboxylic acids is 2. The van der Waals surface area contributed by atoms with E-state index in [2.05, 4.69) is 10.3 Å². The first kappa shape index (κ1) is 19.0. The second-order valence-electron chi connectivity index (χ2n) is 6.99. The summed E-state index contributed by atoms with van der Waals surface area (Å²) in [4.78, 5) is 32.3. The van der Waals surface area contributed by atoms with Crippen LogP contribution in [-0.4, -0.2) is 27.9 Å². The van der Waals surface area contributed by atoms with Crippen LogP contribution in [-0.2, 0) is 19.5 Å². The Bertz CT molecular complexity index is 993. The summed E-state index contributed by atoms with van der Waals surface area (Å²) in [6, 6.07) is 13.1. The molecule has 150 valence electrons. The van der Waals surface area contributed by atoms with Crippen LogP contribution in [0.15, 0.2) is 53.1 Å². The number of nitrogens with zero attached hydrogens (tertiary/aromatic N) is 3. The SMILES string of the molecule is CCN(C(=O)c1nc(C(=O)NCc2ccco2)c2n1CCCC2)c1ccccc1. The van der Waals surface area contributed by atoms with E-state index in [1.54, 1.807) is 23.3 Å². The number of carbonyl (C=O) groups is 2. The molecule has 4 rings (SSSR count). The molecule has 0 radical (unpaired) electrons. The number of hydrogen-bond acceptors (Lipinski definition) is 4. The predicted octanol–water partition coefficient (Wildman–Crippen LogP) is 3.41. The maximum Gasteiger partial charge on any atom is 0.294 e. The minimum atomic E-state index is -0.283. The number of aromatic nitrogens is 2. The summed E-state index contributed by atoms with van der Waals surface area (Å²) < 4.78 is 7.19. The molecule has 1 aromatic carbocycles. The Kier molecular flexibility index (Phi) is 5.46. The van der Waals surface area contributed by atoms with Crippen LogP contribution in [0.2, 0.25) is 0 Å². The van der Waals surface area contributed by atoms with Crippen LogP contribution in [0.1, 0.15) is 52.3 Å². The Morgan fingerprint density at radius 3 is 2.72 bits per heavy atom. The van der Waals surface area contributed by atoms with Crippen LogP contribution in [0.4, 0.5) is 5.69 Å². The highest BCUT2D eigenvalue weighted by molar-refractivity contribution is 6.05. The van der Waals surface area contributed by atoms with Gasteiger partial charge in [-0.1, -0.05) is 18.2 Å². The largest absolute Gasteiger partial charge is 0.467 e. The van der Waals surface area contributed by atoms with Crippen LogP contribution in [0.3, 0.4) is 0 Å². The smallest absolute Gasteiger partial charge is 0.294 e. The molecule has 0 unspecified atom stereocenters. The summed E-state index contributed by atoms with van der Waals surface area (Å²) in [5.74, 6) is 0.526. The molecule has 2 amide bonds. The molecule has 1 aliphatic heterocycles. The third-order valence-electron chi connectivity index (χ3n) is 5.16. The molecule has 3 heterocycles. The fourth-order valence-corrected chi connectivity index (χ4v) is 3.72. The van der Waals surface area contributed by atoms with Crippen LogP contribution in [0.5, 0.6) is 0 Å². The fraction of sp³-hybridized carbons (Fsp3) is 0.318. The topological polar surface area (TPSA) is 80.4 Å². The van der Waals surface area contributed by atoms with Crippen LogP contribution in [0.25, 0.3) is 0 Å².